The predicted molar refractivity (Wildman–Crippen MR) is 85.4 cm³/mol. The molecule has 1 aromatic heterocycles. The van der Waals surface area contributed by atoms with Crippen molar-refractivity contribution < 1.29 is 22.8 Å². The average Bonchev–Trinajstić information content (AvgIpc) is 2.59. The molecule has 0 atom stereocenters. The first kappa shape index (κ1) is 18.2. The summed E-state index contributed by atoms with van der Waals surface area (Å²) in [7, 11) is 1.43. The lowest BCUT2D eigenvalue weighted by atomic mass is 10.2. The maximum Gasteiger partial charge on any atom is 0.416 e. The summed E-state index contributed by atoms with van der Waals surface area (Å²) in [4.78, 5) is 27.3. The Hall–Kier alpha value is -3.10. The molecule has 0 bridgehead atoms. The molecule has 2 amide bonds. The van der Waals surface area contributed by atoms with Crippen LogP contribution in [0.3, 0.4) is 0 Å². The van der Waals surface area contributed by atoms with E-state index in [1.807, 2.05) is 0 Å². The largest absolute Gasteiger partial charge is 0.416 e. The molecule has 0 radical (unpaired) electrons. The molecule has 132 valence electrons. The third-order valence-corrected chi connectivity index (χ3v) is 3.19. The van der Waals surface area contributed by atoms with Crippen LogP contribution in [0.15, 0.2) is 42.6 Å². The highest BCUT2D eigenvalue weighted by Crippen LogP contribution is 2.31. The summed E-state index contributed by atoms with van der Waals surface area (Å²) in [5.41, 5.74) is -0.586. The number of aromatic nitrogens is 1. The number of pyridine rings is 1. The lowest BCUT2D eigenvalue weighted by Gasteiger charge is -2.13. The van der Waals surface area contributed by atoms with E-state index in [0.717, 1.165) is 12.1 Å². The normalized spacial score (nSPS) is 10.9. The third kappa shape index (κ3) is 4.93. The van der Waals surface area contributed by atoms with Crippen molar-refractivity contribution in [3.8, 4) is 0 Å². The van der Waals surface area contributed by atoms with Crippen LogP contribution in [0.4, 0.5) is 24.7 Å². The Morgan fingerprint density at radius 3 is 2.60 bits per heavy atom. The van der Waals surface area contributed by atoms with Gasteiger partial charge in [0.05, 0.1) is 17.7 Å². The van der Waals surface area contributed by atoms with Gasteiger partial charge in [0, 0.05) is 18.9 Å². The molecule has 25 heavy (non-hydrogen) atoms. The van der Waals surface area contributed by atoms with Gasteiger partial charge >= 0.3 is 6.18 Å². The molecular weight excluding hydrogens is 337 g/mol. The number of carbonyl (C=O) groups is 2. The van der Waals surface area contributed by atoms with Gasteiger partial charge in [-0.25, -0.2) is 4.98 Å². The summed E-state index contributed by atoms with van der Waals surface area (Å²) in [6.07, 6.45) is -3.08. The Kier molecular flexibility index (Phi) is 5.58. The SMILES string of the molecule is CNC(=O)CNC(=O)c1cccnc1Nc1cccc(C(F)(F)F)c1. The van der Waals surface area contributed by atoms with E-state index in [4.69, 9.17) is 0 Å². The van der Waals surface area contributed by atoms with Crippen molar-refractivity contribution in [3.05, 3.63) is 53.7 Å². The molecule has 2 aromatic rings. The maximum atomic E-state index is 12.8. The van der Waals surface area contributed by atoms with Crippen LogP contribution in [0, 0.1) is 0 Å². The number of hydrogen-bond acceptors (Lipinski definition) is 4. The summed E-state index contributed by atoms with van der Waals surface area (Å²) in [5, 5.41) is 7.45. The summed E-state index contributed by atoms with van der Waals surface area (Å²) in [6, 6.07) is 7.49. The Balaban J connectivity index is 2.21. The van der Waals surface area contributed by atoms with E-state index < -0.39 is 17.6 Å². The number of carbonyl (C=O) groups excluding carboxylic acids is 2. The zero-order valence-electron chi connectivity index (χ0n) is 13.1. The molecule has 0 aliphatic rings. The second kappa shape index (κ2) is 7.65. The number of nitrogens with one attached hydrogen (secondary N) is 3. The Morgan fingerprint density at radius 2 is 1.92 bits per heavy atom. The molecule has 0 aliphatic heterocycles. The molecule has 9 heteroatoms. The molecule has 0 fully saturated rings. The zero-order chi connectivity index (χ0) is 18.4. The molecule has 0 spiro atoms. The number of anilines is 2. The molecule has 1 heterocycles. The first-order valence-corrected chi connectivity index (χ1v) is 7.19. The van der Waals surface area contributed by atoms with Gasteiger partial charge in [-0.3, -0.25) is 9.59 Å². The van der Waals surface area contributed by atoms with Gasteiger partial charge in [0.2, 0.25) is 5.91 Å². The standard InChI is InChI=1S/C16H15F3N4O2/c1-20-13(24)9-22-15(25)12-6-3-7-21-14(12)23-11-5-2-4-10(8-11)16(17,18)19/h2-8H,9H2,1H3,(H,20,24)(H,21,23)(H,22,25). The van der Waals surface area contributed by atoms with Crippen molar-refractivity contribution in [1.82, 2.24) is 15.6 Å². The van der Waals surface area contributed by atoms with Gasteiger partial charge in [-0.15, -0.1) is 0 Å². The monoisotopic (exact) mass is 352 g/mol. The third-order valence-electron chi connectivity index (χ3n) is 3.19. The van der Waals surface area contributed by atoms with E-state index in [0.29, 0.717) is 0 Å². The number of halogens is 3. The van der Waals surface area contributed by atoms with E-state index in [-0.39, 0.29) is 29.5 Å². The lowest BCUT2D eigenvalue weighted by Crippen LogP contribution is -2.35. The van der Waals surface area contributed by atoms with Gasteiger partial charge in [-0.2, -0.15) is 13.2 Å². The minimum atomic E-state index is -4.48. The number of hydrogen-bond donors (Lipinski definition) is 3. The average molecular weight is 352 g/mol. The van der Waals surface area contributed by atoms with E-state index in [1.54, 1.807) is 0 Å². The molecule has 1 aromatic carbocycles. The van der Waals surface area contributed by atoms with Crippen LogP contribution >= 0.6 is 0 Å². The molecule has 0 unspecified atom stereocenters. The first-order chi connectivity index (χ1) is 11.8. The van der Waals surface area contributed by atoms with Crippen molar-refractivity contribution in [2.45, 2.75) is 6.18 Å². The van der Waals surface area contributed by atoms with Crippen LogP contribution in [-0.2, 0) is 11.0 Å². The maximum absolute atomic E-state index is 12.8. The van der Waals surface area contributed by atoms with E-state index in [1.165, 1.54) is 37.5 Å². The molecule has 0 aliphatic carbocycles. The van der Waals surface area contributed by atoms with Crippen LogP contribution in [0.5, 0.6) is 0 Å². The summed E-state index contributed by atoms with van der Waals surface area (Å²) < 4.78 is 38.3. The van der Waals surface area contributed by atoms with Gasteiger partial charge in [-0.05, 0) is 30.3 Å². The fourth-order valence-corrected chi connectivity index (χ4v) is 1.94. The van der Waals surface area contributed by atoms with Gasteiger partial charge in [-0.1, -0.05) is 6.07 Å². The Bertz CT molecular complexity index is 778. The molecular formula is C16H15F3N4O2. The van der Waals surface area contributed by atoms with Crippen molar-refractivity contribution in [2.75, 3.05) is 18.9 Å². The minimum Gasteiger partial charge on any atom is -0.358 e. The highest BCUT2D eigenvalue weighted by atomic mass is 19.4. The quantitative estimate of drug-likeness (QED) is 0.771. The van der Waals surface area contributed by atoms with E-state index in [2.05, 4.69) is 20.9 Å². The van der Waals surface area contributed by atoms with Gasteiger partial charge in [0.1, 0.15) is 5.82 Å². The number of alkyl halides is 3. The first-order valence-electron chi connectivity index (χ1n) is 7.19. The second-order valence-corrected chi connectivity index (χ2v) is 4.96. The smallest absolute Gasteiger partial charge is 0.358 e. The van der Waals surface area contributed by atoms with Gasteiger partial charge < -0.3 is 16.0 Å². The van der Waals surface area contributed by atoms with Crippen molar-refractivity contribution in [3.63, 3.8) is 0 Å². The van der Waals surface area contributed by atoms with Crippen molar-refractivity contribution >= 4 is 23.3 Å². The lowest BCUT2D eigenvalue weighted by molar-refractivity contribution is -0.137. The second-order valence-electron chi connectivity index (χ2n) is 4.96. The topological polar surface area (TPSA) is 83.1 Å². The Labute approximate surface area is 141 Å². The van der Waals surface area contributed by atoms with E-state index >= 15 is 0 Å². The fourth-order valence-electron chi connectivity index (χ4n) is 1.94. The van der Waals surface area contributed by atoms with Gasteiger partial charge in [0.25, 0.3) is 5.91 Å². The van der Waals surface area contributed by atoms with Crippen LogP contribution in [-0.4, -0.2) is 30.4 Å². The molecule has 0 saturated carbocycles. The zero-order valence-corrected chi connectivity index (χ0v) is 13.1. The molecule has 3 N–H and O–H groups in total. The molecule has 2 rings (SSSR count). The number of amides is 2. The van der Waals surface area contributed by atoms with Crippen molar-refractivity contribution in [1.29, 1.82) is 0 Å². The highest BCUT2D eigenvalue weighted by molar-refractivity contribution is 6.00. The van der Waals surface area contributed by atoms with Crippen LogP contribution in [0.1, 0.15) is 15.9 Å². The summed E-state index contributed by atoms with van der Waals surface area (Å²) in [5.74, 6) is -0.882. The summed E-state index contributed by atoms with van der Waals surface area (Å²) in [6.45, 7) is -0.229. The van der Waals surface area contributed by atoms with Crippen molar-refractivity contribution in [2.24, 2.45) is 0 Å². The summed E-state index contributed by atoms with van der Waals surface area (Å²) >= 11 is 0. The van der Waals surface area contributed by atoms with Gasteiger partial charge in [0.15, 0.2) is 0 Å². The Morgan fingerprint density at radius 1 is 1.16 bits per heavy atom. The predicted octanol–water partition coefficient (Wildman–Crippen LogP) is 2.32. The van der Waals surface area contributed by atoms with Crippen LogP contribution < -0.4 is 16.0 Å². The molecule has 0 saturated heterocycles. The van der Waals surface area contributed by atoms with Crippen LogP contribution in [0.2, 0.25) is 0 Å². The molecule has 6 nitrogen and oxygen atoms in total. The van der Waals surface area contributed by atoms with Crippen LogP contribution in [0.25, 0.3) is 0 Å². The fraction of sp³-hybridized carbons (Fsp3) is 0.188. The van der Waals surface area contributed by atoms with E-state index in [9.17, 15) is 22.8 Å². The number of nitrogens with zero attached hydrogens (tertiary/aromatic N) is 1. The number of likely N-dealkylation sites (N-methyl/N-ethyl adjacent to an activating group) is 1. The minimum absolute atomic E-state index is 0.0798. The highest BCUT2D eigenvalue weighted by Gasteiger charge is 2.30. The number of rotatable bonds is 5. The number of benzene rings is 1.